The largest absolute Gasteiger partial charge is 0.355 e. The van der Waals surface area contributed by atoms with Crippen molar-refractivity contribution in [2.45, 2.75) is 18.4 Å². The lowest BCUT2D eigenvalue weighted by atomic mass is 10.0. The summed E-state index contributed by atoms with van der Waals surface area (Å²) in [6.07, 6.45) is 2.52. The van der Waals surface area contributed by atoms with E-state index in [9.17, 15) is 14.0 Å². The van der Waals surface area contributed by atoms with Gasteiger partial charge in [0.25, 0.3) is 5.91 Å². The van der Waals surface area contributed by atoms with Crippen LogP contribution in [0, 0.1) is 5.82 Å². The van der Waals surface area contributed by atoms with E-state index in [2.05, 4.69) is 10.6 Å². The zero-order chi connectivity index (χ0) is 21.0. The van der Waals surface area contributed by atoms with E-state index >= 15 is 0 Å². The molecule has 0 saturated carbocycles. The van der Waals surface area contributed by atoms with Crippen LogP contribution in [0.15, 0.2) is 60.2 Å². The summed E-state index contributed by atoms with van der Waals surface area (Å²) in [5.74, 6) is -0.958. The lowest BCUT2D eigenvalue weighted by Gasteiger charge is -2.25. The Morgan fingerprint density at radius 3 is 2.45 bits per heavy atom. The highest BCUT2D eigenvalue weighted by molar-refractivity contribution is 6.00. The molecule has 0 aromatic heterocycles. The number of nitrogens with zero attached hydrogens (tertiary/aromatic N) is 1. The molecule has 2 N–H and O–H groups in total. The molecule has 0 unspecified atom stereocenters. The van der Waals surface area contributed by atoms with Gasteiger partial charge < -0.3 is 15.5 Å². The highest BCUT2D eigenvalue weighted by Crippen LogP contribution is 2.38. The maximum absolute atomic E-state index is 14.2. The first-order chi connectivity index (χ1) is 13.9. The summed E-state index contributed by atoms with van der Waals surface area (Å²) in [5.41, 5.74) is 2.71. The van der Waals surface area contributed by atoms with E-state index in [-0.39, 0.29) is 23.4 Å². The monoisotopic (exact) mass is 395 g/mol. The normalized spacial score (nSPS) is 16.2. The van der Waals surface area contributed by atoms with Crippen LogP contribution in [0.5, 0.6) is 0 Å². The van der Waals surface area contributed by atoms with Crippen molar-refractivity contribution in [2.75, 3.05) is 27.7 Å². The molecule has 1 aliphatic rings. The highest BCUT2D eigenvalue weighted by atomic mass is 19.1. The van der Waals surface area contributed by atoms with Gasteiger partial charge in [0.2, 0.25) is 5.91 Å². The van der Waals surface area contributed by atoms with Gasteiger partial charge in [-0.15, -0.1) is 0 Å². The lowest BCUT2D eigenvalue weighted by Crippen LogP contribution is -2.41. The van der Waals surface area contributed by atoms with Gasteiger partial charge in [0, 0.05) is 31.1 Å². The molecule has 2 amide bonds. The van der Waals surface area contributed by atoms with E-state index in [1.807, 2.05) is 55.4 Å². The standard InChI is InChI=1S/C23H26FN3O2/c1-25-22(28)18-10-9-15(12-21(18)24)11-17(27(2)3)14-26-23(29)20-13-19(20)16-7-5-4-6-8-16/h4-10,12-13,17,19H,11,14H2,1-3H3,(H,25,28)(H,26,29)/t17-,19+/m0/s1. The van der Waals surface area contributed by atoms with E-state index in [4.69, 9.17) is 0 Å². The molecule has 0 saturated heterocycles. The molecule has 3 rings (SSSR count). The van der Waals surface area contributed by atoms with E-state index in [0.717, 1.165) is 16.7 Å². The maximum atomic E-state index is 14.2. The number of rotatable bonds is 8. The average molecular weight is 395 g/mol. The number of nitrogens with one attached hydrogen (secondary N) is 2. The number of hydrogen-bond acceptors (Lipinski definition) is 3. The molecular weight excluding hydrogens is 369 g/mol. The summed E-state index contributed by atoms with van der Waals surface area (Å²) in [6, 6.07) is 14.5. The van der Waals surface area contributed by atoms with Crippen LogP contribution >= 0.6 is 0 Å². The number of benzene rings is 2. The number of likely N-dealkylation sites (N-methyl/N-ethyl adjacent to an activating group) is 1. The molecule has 0 bridgehead atoms. The molecule has 5 nitrogen and oxygen atoms in total. The summed E-state index contributed by atoms with van der Waals surface area (Å²) in [4.78, 5) is 26.1. The predicted octanol–water partition coefficient (Wildman–Crippen LogP) is 2.50. The van der Waals surface area contributed by atoms with E-state index in [0.29, 0.717) is 13.0 Å². The van der Waals surface area contributed by atoms with Crippen LogP contribution in [-0.2, 0) is 11.2 Å². The van der Waals surface area contributed by atoms with Crippen molar-refractivity contribution in [1.82, 2.24) is 15.5 Å². The van der Waals surface area contributed by atoms with Crippen molar-refractivity contribution < 1.29 is 14.0 Å². The van der Waals surface area contributed by atoms with Crippen LogP contribution in [0.2, 0.25) is 0 Å². The molecule has 0 aliphatic heterocycles. The number of allylic oxidation sites excluding steroid dienone is 1. The summed E-state index contributed by atoms with van der Waals surface area (Å²) >= 11 is 0. The minimum Gasteiger partial charge on any atom is -0.355 e. The molecule has 2 aromatic rings. The van der Waals surface area contributed by atoms with Gasteiger partial charge in [-0.25, -0.2) is 4.39 Å². The number of hydrogen-bond donors (Lipinski definition) is 2. The van der Waals surface area contributed by atoms with E-state index < -0.39 is 11.7 Å². The van der Waals surface area contributed by atoms with Gasteiger partial charge in [0.05, 0.1) is 5.56 Å². The quantitative estimate of drug-likeness (QED) is 0.722. The van der Waals surface area contributed by atoms with E-state index in [1.165, 1.54) is 19.2 Å². The molecule has 2 aromatic carbocycles. The average Bonchev–Trinajstić information content (AvgIpc) is 3.52. The molecule has 0 heterocycles. The Balaban J connectivity index is 1.57. The van der Waals surface area contributed by atoms with Crippen LogP contribution in [0.1, 0.15) is 27.4 Å². The van der Waals surface area contributed by atoms with Crippen molar-refractivity contribution in [2.24, 2.45) is 0 Å². The van der Waals surface area contributed by atoms with Gasteiger partial charge in [0.1, 0.15) is 5.82 Å². The van der Waals surface area contributed by atoms with Crippen molar-refractivity contribution in [3.63, 3.8) is 0 Å². The Labute approximate surface area is 170 Å². The van der Waals surface area contributed by atoms with Crippen LogP contribution < -0.4 is 10.6 Å². The summed E-state index contributed by atoms with van der Waals surface area (Å²) in [5, 5.41) is 5.42. The van der Waals surface area contributed by atoms with E-state index in [1.54, 1.807) is 6.07 Å². The van der Waals surface area contributed by atoms with Gasteiger partial charge in [-0.1, -0.05) is 42.5 Å². The fraction of sp³-hybridized carbons (Fsp3) is 0.304. The van der Waals surface area contributed by atoms with Crippen molar-refractivity contribution in [3.8, 4) is 0 Å². The first-order valence-electron chi connectivity index (χ1n) is 9.62. The Hall–Kier alpha value is -2.99. The molecule has 0 fully saturated rings. The van der Waals surface area contributed by atoms with Crippen molar-refractivity contribution in [3.05, 3.63) is 82.7 Å². The molecule has 1 aliphatic carbocycles. The Morgan fingerprint density at radius 1 is 1.10 bits per heavy atom. The molecule has 6 heteroatoms. The first kappa shape index (κ1) is 20.7. The SMILES string of the molecule is CNC(=O)c1ccc(C[C@@H](CNC(=O)C2=C[C@@H]2c2ccccc2)N(C)C)cc1F. The second-order valence-electron chi connectivity index (χ2n) is 7.44. The van der Waals surface area contributed by atoms with Gasteiger partial charge in [0.15, 0.2) is 0 Å². The number of carbonyl (C=O) groups excluding carboxylic acids is 2. The van der Waals surface area contributed by atoms with Gasteiger partial charge in [-0.2, -0.15) is 0 Å². The van der Waals surface area contributed by atoms with Gasteiger partial charge in [-0.3, -0.25) is 9.59 Å². The number of carbonyl (C=O) groups is 2. The fourth-order valence-electron chi connectivity index (χ4n) is 3.31. The van der Waals surface area contributed by atoms with Crippen molar-refractivity contribution in [1.29, 1.82) is 0 Å². The number of amides is 2. The zero-order valence-corrected chi connectivity index (χ0v) is 16.9. The zero-order valence-electron chi connectivity index (χ0n) is 16.9. The molecular formula is C23H26FN3O2. The van der Waals surface area contributed by atoms with Crippen LogP contribution in [-0.4, -0.2) is 50.4 Å². The second kappa shape index (κ2) is 9.01. The smallest absolute Gasteiger partial charge is 0.253 e. The third kappa shape index (κ3) is 5.09. The minimum absolute atomic E-state index is 0.00118. The summed E-state index contributed by atoms with van der Waals surface area (Å²) in [7, 11) is 5.32. The third-order valence-corrected chi connectivity index (χ3v) is 5.20. The molecule has 2 atom stereocenters. The molecule has 152 valence electrons. The van der Waals surface area contributed by atoms with Crippen molar-refractivity contribution >= 4 is 11.8 Å². The number of halogens is 1. The van der Waals surface area contributed by atoms with Gasteiger partial charge >= 0.3 is 0 Å². The maximum Gasteiger partial charge on any atom is 0.253 e. The minimum atomic E-state index is -0.544. The predicted molar refractivity (Wildman–Crippen MR) is 111 cm³/mol. The summed E-state index contributed by atoms with van der Waals surface area (Å²) in [6.45, 7) is 0.448. The molecule has 29 heavy (non-hydrogen) atoms. The molecule has 0 spiro atoms. The second-order valence-corrected chi connectivity index (χ2v) is 7.44. The molecule has 0 radical (unpaired) electrons. The lowest BCUT2D eigenvalue weighted by molar-refractivity contribution is -0.117. The third-order valence-electron chi connectivity index (χ3n) is 5.20. The van der Waals surface area contributed by atoms with Crippen LogP contribution in [0.4, 0.5) is 4.39 Å². The highest BCUT2D eigenvalue weighted by Gasteiger charge is 2.32. The van der Waals surface area contributed by atoms with Crippen LogP contribution in [0.3, 0.4) is 0 Å². The van der Waals surface area contributed by atoms with Gasteiger partial charge in [-0.05, 0) is 43.8 Å². The first-order valence-corrected chi connectivity index (χ1v) is 9.62. The van der Waals surface area contributed by atoms with Crippen LogP contribution in [0.25, 0.3) is 0 Å². The summed E-state index contributed by atoms with van der Waals surface area (Å²) < 4.78 is 14.2. The fourth-order valence-corrected chi connectivity index (χ4v) is 3.31. The topological polar surface area (TPSA) is 61.4 Å². The Bertz CT molecular complexity index is 925. The Morgan fingerprint density at radius 2 is 1.83 bits per heavy atom. The Kier molecular flexibility index (Phi) is 6.44.